The third-order valence-corrected chi connectivity index (χ3v) is 5.37. The van der Waals surface area contributed by atoms with E-state index in [1.807, 2.05) is 30.0 Å². The Bertz CT molecular complexity index is 741. The van der Waals surface area contributed by atoms with E-state index in [4.69, 9.17) is 0 Å². The van der Waals surface area contributed by atoms with Crippen molar-refractivity contribution in [3.05, 3.63) is 29.6 Å². The van der Waals surface area contributed by atoms with Crippen LogP contribution in [-0.4, -0.2) is 82.4 Å². The Morgan fingerprint density at radius 2 is 2.00 bits per heavy atom. The highest BCUT2D eigenvalue weighted by molar-refractivity contribution is 5.97. The van der Waals surface area contributed by atoms with Gasteiger partial charge in [-0.25, -0.2) is 4.98 Å². The fourth-order valence-electron chi connectivity index (χ4n) is 3.75. The van der Waals surface area contributed by atoms with Crippen molar-refractivity contribution in [1.82, 2.24) is 24.7 Å². The number of piperazine rings is 1. The first kappa shape index (κ1) is 15.6. The van der Waals surface area contributed by atoms with Crippen molar-refractivity contribution in [2.45, 2.75) is 19.9 Å². The Morgan fingerprint density at radius 1 is 1.25 bits per heavy atom. The van der Waals surface area contributed by atoms with Crippen LogP contribution in [0.5, 0.6) is 0 Å². The highest BCUT2D eigenvalue weighted by Crippen LogP contribution is 2.21. The quantitative estimate of drug-likeness (QED) is 0.924. The average Bonchev–Trinajstić information content (AvgIpc) is 2.93. The lowest BCUT2D eigenvalue weighted by Crippen LogP contribution is -2.64. The second-order valence-electron chi connectivity index (χ2n) is 6.89. The number of hydrogen-bond acceptors (Lipinski definition) is 4. The number of nitrogens with one attached hydrogen (secondary N) is 1. The van der Waals surface area contributed by atoms with E-state index in [-0.39, 0.29) is 5.91 Å². The van der Waals surface area contributed by atoms with Gasteiger partial charge < -0.3 is 14.8 Å². The summed E-state index contributed by atoms with van der Waals surface area (Å²) in [6.07, 6.45) is 0. The molecule has 6 nitrogen and oxygen atoms in total. The number of hydrogen-bond donors (Lipinski definition) is 1. The van der Waals surface area contributed by atoms with E-state index in [1.54, 1.807) is 0 Å². The zero-order chi connectivity index (χ0) is 16.7. The van der Waals surface area contributed by atoms with Crippen LogP contribution in [0.2, 0.25) is 0 Å². The van der Waals surface area contributed by atoms with Gasteiger partial charge in [-0.2, -0.15) is 0 Å². The largest absolute Gasteiger partial charge is 0.342 e. The summed E-state index contributed by atoms with van der Waals surface area (Å²) in [6.45, 7) is 11.5. The summed E-state index contributed by atoms with van der Waals surface area (Å²) in [5, 5.41) is 0. The lowest BCUT2D eigenvalue weighted by molar-refractivity contribution is 0.00841. The van der Waals surface area contributed by atoms with Crippen molar-refractivity contribution >= 4 is 16.9 Å². The molecule has 0 atom stereocenters. The number of H-pyrrole nitrogens is 1. The van der Waals surface area contributed by atoms with Gasteiger partial charge in [-0.15, -0.1) is 0 Å². The van der Waals surface area contributed by atoms with E-state index >= 15 is 0 Å². The molecule has 2 aromatic rings. The molecule has 0 spiro atoms. The van der Waals surface area contributed by atoms with Crippen molar-refractivity contribution in [3.8, 4) is 0 Å². The maximum atomic E-state index is 12.7. The molecule has 2 aliphatic rings. The van der Waals surface area contributed by atoms with E-state index < -0.39 is 0 Å². The summed E-state index contributed by atoms with van der Waals surface area (Å²) >= 11 is 0. The first-order valence-corrected chi connectivity index (χ1v) is 8.86. The van der Waals surface area contributed by atoms with Crippen LogP contribution in [0.4, 0.5) is 0 Å². The molecule has 0 aliphatic carbocycles. The molecule has 0 unspecified atom stereocenters. The van der Waals surface area contributed by atoms with E-state index in [1.165, 1.54) is 0 Å². The zero-order valence-corrected chi connectivity index (χ0v) is 14.5. The van der Waals surface area contributed by atoms with Crippen LogP contribution in [0.25, 0.3) is 11.0 Å². The third-order valence-electron chi connectivity index (χ3n) is 5.37. The number of imidazole rings is 1. The van der Waals surface area contributed by atoms with Gasteiger partial charge in [0.15, 0.2) is 0 Å². The van der Waals surface area contributed by atoms with Crippen LogP contribution in [0.3, 0.4) is 0 Å². The second-order valence-corrected chi connectivity index (χ2v) is 6.89. The molecule has 6 heteroatoms. The molecule has 0 saturated carbocycles. The summed E-state index contributed by atoms with van der Waals surface area (Å²) < 4.78 is 0. The van der Waals surface area contributed by atoms with Crippen LogP contribution in [0.15, 0.2) is 18.2 Å². The van der Waals surface area contributed by atoms with E-state index in [9.17, 15) is 4.79 Å². The molecule has 24 heavy (non-hydrogen) atoms. The minimum atomic E-state index is 0.132. The third kappa shape index (κ3) is 2.80. The molecule has 1 N–H and O–H groups in total. The van der Waals surface area contributed by atoms with E-state index in [0.29, 0.717) is 6.04 Å². The van der Waals surface area contributed by atoms with Crippen LogP contribution < -0.4 is 0 Å². The molecule has 0 bridgehead atoms. The first-order valence-electron chi connectivity index (χ1n) is 8.86. The Balaban J connectivity index is 1.36. The van der Waals surface area contributed by atoms with Crippen LogP contribution in [-0.2, 0) is 0 Å². The SMILES string of the molecule is CCN1CCN(C2CN(C(=O)c3ccc4nc(C)[nH]c4c3)C2)CC1. The fraction of sp³-hybridized carbons (Fsp3) is 0.556. The maximum Gasteiger partial charge on any atom is 0.254 e. The number of aromatic amines is 1. The van der Waals surface area contributed by atoms with Gasteiger partial charge in [-0.05, 0) is 31.7 Å². The highest BCUT2D eigenvalue weighted by atomic mass is 16.2. The maximum absolute atomic E-state index is 12.7. The minimum absolute atomic E-state index is 0.132. The van der Waals surface area contributed by atoms with E-state index in [2.05, 4.69) is 26.7 Å². The number of nitrogens with zero attached hydrogens (tertiary/aromatic N) is 4. The molecular formula is C18H25N5O. The molecule has 2 fully saturated rings. The summed E-state index contributed by atoms with van der Waals surface area (Å²) in [6, 6.07) is 6.27. The molecule has 2 aliphatic heterocycles. The zero-order valence-electron chi connectivity index (χ0n) is 14.5. The number of carbonyl (C=O) groups excluding carboxylic acids is 1. The number of likely N-dealkylation sites (tertiary alicyclic amines) is 1. The molecule has 2 saturated heterocycles. The summed E-state index contributed by atoms with van der Waals surface area (Å²) in [7, 11) is 0. The van der Waals surface area contributed by atoms with Crippen molar-refractivity contribution < 1.29 is 4.79 Å². The monoisotopic (exact) mass is 327 g/mol. The smallest absolute Gasteiger partial charge is 0.254 e. The summed E-state index contributed by atoms with van der Waals surface area (Å²) in [5.74, 6) is 1.01. The number of benzene rings is 1. The van der Waals surface area contributed by atoms with Gasteiger partial charge in [-0.1, -0.05) is 6.92 Å². The predicted molar refractivity (Wildman–Crippen MR) is 94.2 cm³/mol. The number of amides is 1. The van der Waals surface area contributed by atoms with Crippen molar-refractivity contribution in [2.24, 2.45) is 0 Å². The number of fused-ring (bicyclic) bond motifs is 1. The molecule has 1 aromatic carbocycles. The number of likely N-dealkylation sites (N-methyl/N-ethyl adjacent to an activating group) is 1. The number of aryl methyl sites for hydroxylation is 1. The molecule has 128 valence electrons. The first-order chi connectivity index (χ1) is 11.6. The summed E-state index contributed by atoms with van der Waals surface area (Å²) in [4.78, 5) is 27.2. The normalized spacial score (nSPS) is 20.5. The fourth-order valence-corrected chi connectivity index (χ4v) is 3.75. The van der Waals surface area contributed by atoms with Crippen LogP contribution in [0.1, 0.15) is 23.1 Å². The van der Waals surface area contributed by atoms with Crippen molar-refractivity contribution in [3.63, 3.8) is 0 Å². The number of carbonyl (C=O) groups is 1. The van der Waals surface area contributed by atoms with Crippen LogP contribution in [0, 0.1) is 6.92 Å². The Morgan fingerprint density at radius 3 is 2.71 bits per heavy atom. The molecule has 1 aromatic heterocycles. The minimum Gasteiger partial charge on any atom is -0.342 e. The Labute approximate surface area is 142 Å². The van der Waals surface area contributed by atoms with Gasteiger partial charge >= 0.3 is 0 Å². The topological polar surface area (TPSA) is 55.5 Å². The molecule has 3 heterocycles. The van der Waals surface area contributed by atoms with E-state index in [0.717, 1.165) is 68.2 Å². The van der Waals surface area contributed by atoms with Gasteiger partial charge in [-0.3, -0.25) is 9.69 Å². The van der Waals surface area contributed by atoms with Gasteiger partial charge in [0.1, 0.15) is 5.82 Å². The standard InChI is InChI=1S/C18H25N5O/c1-3-21-6-8-22(9-7-21)15-11-23(12-15)18(24)14-4-5-16-17(10-14)20-13(2)19-16/h4-5,10,15H,3,6-9,11-12H2,1-2H3,(H,19,20). The highest BCUT2D eigenvalue weighted by Gasteiger charge is 2.36. The summed E-state index contributed by atoms with van der Waals surface area (Å²) in [5.41, 5.74) is 2.60. The lowest BCUT2D eigenvalue weighted by atomic mass is 10.0. The van der Waals surface area contributed by atoms with Crippen molar-refractivity contribution in [2.75, 3.05) is 45.8 Å². The van der Waals surface area contributed by atoms with Gasteiger partial charge in [0, 0.05) is 50.9 Å². The average molecular weight is 327 g/mol. The molecule has 1 amide bonds. The van der Waals surface area contributed by atoms with Crippen molar-refractivity contribution in [1.29, 1.82) is 0 Å². The lowest BCUT2D eigenvalue weighted by Gasteiger charge is -2.48. The van der Waals surface area contributed by atoms with Gasteiger partial charge in [0.05, 0.1) is 11.0 Å². The number of aromatic nitrogens is 2. The molecule has 0 radical (unpaired) electrons. The Kier molecular flexibility index (Phi) is 4.02. The predicted octanol–water partition coefficient (Wildman–Crippen LogP) is 1.33. The Hall–Kier alpha value is -1.92. The number of rotatable bonds is 3. The van der Waals surface area contributed by atoms with Crippen LogP contribution >= 0.6 is 0 Å². The second kappa shape index (κ2) is 6.18. The molecule has 4 rings (SSSR count). The molecular weight excluding hydrogens is 302 g/mol. The van der Waals surface area contributed by atoms with Gasteiger partial charge in [0.2, 0.25) is 0 Å². The van der Waals surface area contributed by atoms with Gasteiger partial charge in [0.25, 0.3) is 5.91 Å².